The smallest absolute Gasteiger partial charge is 0.292 e. The number of aryl methyl sites for hydroxylation is 2. The van der Waals surface area contributed by atoms with Gasteiger partial charge >= 0.3 is 0 Å². The molecule has 2 nitrogen and oxygen atoms in total. The lowest BCUT2D eigenvalue weighted by Gasteiger charge is -2.09. The molecule has 2 aromatic carbocycles. The quantitative estimate of drug-likeness (QED) is 0.725. The van der Waals surface area contributed by atoms with Crippen molar-refractivity contribution in [2.24, 2.45) is 0 Å². The molecule has 17 heavy (non-hydrogen) atoms. The highest BCUT2D eigenvalue weighted by Crippen LogP contribution is 2.28. The first kappa shape index (κ1) is 11.2. The van der Waals surface area contributed by atoms with E-state index in [0.717, 1.165) is 5.56 Å². The van der Waals surface area contributed by atoms with Gasteiger partial charge in [-0.25, -0.2) is 0 Å². The molecule has 0 unspecified atom stereocenters. The third-order valence-electron chi connectivity index (χ3n) is 2.79. The van der Waals surface area contributed by atoms with Crippen LogP contribution in [0.15, 0.2) is 42.5 Å². The van der Waals surface area contributed by atoms with Crippen molar-refractivity contribution in [3.05, 3.63) is 53.6 Å². The summed E-state index contributed by atoms with van der Waals surface area (Å²) in [5, 5.41) is 8.42. The molecule has 0 heterocycles. The molecule has 0 radical (unpaired) electrons. The van der Waals surface area contributed by atoms with Gasteiger partial charge in [0.25, 0.3) is 6.26 Å². The summed E-state index contributed by atoms with van der Waals surface area (Å²) in [6.45, 7) is 4.20. The maximum atomic E-state index is 8.42. The number of nitrogens with zero attached hydrogens (tertiary/aromatic N) is 1. The highest BCUT2D eigenvalue weighted by Gasteiger charge is 2.05. The van der Waals surface area contributed by atoms with E-state index in [9.17, 15) is 0 Å². The zero-order chi connectivity index (χ0) is 12.3. The Morgan fingerprint density at radius 2 is 1.53 bits per heavy atom. The van der Waals surface area contributed by atoms with Gasteiger partial charge in [0.2, 0.25) is 0 Å². The van der Waals surface area contributed by atoms with E-state index < -0.39 is 0 Å². The molecule has 0 fully saturated rings. The Kier molecular flexibility index (Phi) is 3.11. The number of hydrogen-bond acceptors (Lipinski definition) is 2. The van der Waals surface area contributed by atoms with E-state index in [-0.39, 0.29) is 0 Å². The summed E-state index contributed by atoms with van der Waals surface area (Å²) in [5.41, 5.74) is 4.89. The standard InChI is InChI=1S/C15H13NO/c1-11-4-3-5-12(2)15(11)13-6-8-14(9-7-13)17-10-16/h3-9H,1-2H3. The first-order valence-corrected chi connectivity index (χ1v) is 5.45. The lowest BCUT2D eigenvalue weighted by atomic mass is 9.96. The number of nitriles is 1. The average Bonchev–Trinajstić information content (AvgIpc) is 2.31. The molecule has 0 spiro atoms. The first-order chi connectivity index (χ1) is 8.22. The zero-order valence-corrected chi connectivity index (χ0v) is 9.90. The molecule has 0 aromatic heterocycles. The molecule has 84 valence electrons. The van der Waals surface area contributed by atoms with E-state index in [0.29, 0.717) is 5.75 Å². The number of ether oxygens (including phenoxy) is 1. The van der Waals surface area contributed by atoms with E-state index in [2.05, 4.69) is 32.0 Å². The van der Waals surface area contributed by atoms with Crippen LogP contribution in [0.1, 0.15) is 11.1 Å². The molecule has 0 amide bonds. The van der Waals surface area contributed by atoms with Gasteiger partial charge in [0.1, 0.15) is 5.75 Å². The van der Waals surface area contributed by atoms with Gasteiger partial charge in [-0.1, -0.05) is 30.3 Å². The molecule has 0 atom stereocenters. The molecule has 2 heteroatoms. The zero-order valence-electron chi connectivity index (χ0n) is 9.90. The summed E-state index contributed by atoms with van der Waals surface area (Å²) in [5.74, 6) is 0.572. The predicted octanol–water partition coefficient (Wildman–Crippen LogP) is 3.83. The van der Waals surface area contributed by atoms with E-state index >= 15 is 0 Å². The average molecular weight is 223 g/mol. The van der Waals surface area contributed by atoms with Crippen LogP contribution in [-0.2, 0) is 0 Å². The number of hydrogen-bond donors (Lipinski definition) is 0. The van der Waals surface area contributed by atoms with Gasteiger partial charge in [0.05, 0.1) is 0 Å². The lowest BCUT2D eigenvalue weighted by molar-refractivity contribution is 0.507. The Bertz CT molecular complexity index is 544. The molecule has 2 rings (SSSR count). The van der Waals surface area contributed by atoms with Gasteiger partial charge in [-0.05, 0) is 48.2 Å². The van der Waals surface area contributed by atoms with Crippen LogP contribution in [0.2, 0.25) is 0 Å². The minimum atomic E-state index is 0.572. The number of rotatable bonds is 2. The Hall–Kier alpha value is -2.27. The second kappa shape index (κ2) is 4.71. The Balaban J connectivity index is 2.44. The normalized spacial score (nSPS) is 9.71. The van der Waals surface area contributed by atoms with Gasteiger partial charge in [0.15, 0.2) is 0 Å². The van der Waals surface area contributed by atoms with Crippen LogP contribution in [0.25, 0.3) is 11.1 Å². The van der Waals surface area contributed by atoms with Crippen LogP contribution in [0, 0.1) is 25.4 Å². The second-order valence-electron chi connectivity index (χ2n) is 3.98. The van der Waals surface area contributed by atoms with Gasteiger partial charge in [-0.3, -0.25) is 0 Å². The Labute approximate surface area is 101 Å². The van der Waals surface area contributed by atoms with Crippen molar-refractivity contribution >= 4 is 0 Å². The third-order valence-corrected chi connectivity index (χ3v) is 2.79. The monoisotopic (exact) mass is 223 g/mol. The van der Waals surface area contributed by atoms with Crippen LogP contribution in [0.5, 0.6) is 5.75 Å². The van der Waals surface area contributed by atoms with E-state index in [1.807, 2.05) is 24.3 Å². The first-order valence-electron chi connectivity index (χ1n) is 5.45. The summed E-state index contributed by atoms with van der Waals surface area (Å²) in [7, 11) is 0. The van der Waals surface area contributed by atoms with Crippen molar-refractivity contribution in [3.63, 3.8) is 0 Å². The van der Waals surface area contributed by atoms with Crippen LogP contribution in [-0.4, -0.2) is 0 Å². The van der Waals surface area contributed by atoms with Crippen LogP contribution in [0.3, 0.4) is 0 Å². The fraction of sp³-hybridized carbons (Fsp3) is 0.133. The molecule has 0 aliphatic heterocycles. The SMILES string of the molecule is Cc1cccc(C)c1-c1ccc(OC#N)cc1. The summed E-state index contributed by atoms with van der Waals surface area (Å²) in [6.07, 6.45) is 1.67. The largest absolute Gasteiger partial charge is 0.388 e. The Morgan fingerprint density at radius 3 is 2.06 bits per heavy atom. The molecule has 0 aliphatic rings. The highest BCUT2D eigenvalue weighted by atomic mass is 16.5. The minimum absolute atomic E-state index is 0.572. The topological polar surface area (TPSA) is 33.0 Å². The maximum Gasteiger partial charge on any atom is 0.292 e. The molecule has 0 saturated carbocycles. The summed E-state index contributed by atoms with van der Waals surface area (Å²) < 4.78 is 4.76. The molecule has 0 N–H and O–H groups in total. The van der Waals surface area contributed by atoms with Crippen molar-refractivity contribution in [1.82, 2.24) is 0 Å². The van der Waals surface area contributed by atoms with Crippen molar-refractivity contribution in [3.8, 4) is 23.1 Å². The van der Waals surface area contributed by atoms with Gasteiger partial charge in [-0.15, -0.1) is 5.26 Å². The van der Waals surface area contributed by atoms with E-state index in [1.54, 1.807) is 6.26 Å². The lowest BCUT2D eigenvalue weighted by Crippen LogP contribution is -1.88. The summed E-state index contributed by atoms with van der Waals surface area (Å²) >= 11 is 0. The van der Waals surface area contributed by atoms with Crippen LogP contribution in [0.4, 0.5) is 0 Å². The molecular weight excluding hydrogens is 210 g/mol. The third kappa shape index (κ3) is 2.29. The fourth-order valence-electron chi connectivity index (χ4n) is 2.01. The van der Waals surface area contributed by atoms with E-state index in [4.69, 9.17) is 10.00 Å². The fourth-order valence-corrected chi connectivity index (χ4v) is 2.01. The maximum absolute atomic E-state index is 8.42. The summed E-state index contributed by atoms with van der Waals surface area (Å²) in [4.78, 5) is 0. The van der Waals surface area contributed by atoms with Crippen LogP contribution >= 0.6 is 0 Å². The predicted molar refractivity (Wildman–Crippen MR) is 67.6 cm³/mol. The van der Waals surface area contributed by atoms with Crippen LogP contribution < -0.4 is 4.74 Å². The summed E-state index contributed by atoms with van der Waals surface area (Å²) in [6, 6.07) is 13.8. The van der Waals surface area contributed by atoms with Gasteiger partial charge in [-0.2, -0.15) is 0 Å². The number of benzene rings is 2. The van der Waals surface area contributed by atoms with Gasteiger partial charge in [0, 0.05) is 0 Å². The molecule has 0 bridgehead atoms. The van der Waals surface area contributed by atoms with Crippen molar-refractivity contribution in [2.75, 3.05) is 0 Å². The van der Waals surface area contributed by atoms with Crippen molar-refractivity contribution in [2.45, 2.75) is 13.8 Å². The van der Waals surface area contributed by atoms with Gasteiger partial charge < -0.3 is 4.74 Å². The van der Waals surface area contributed by atoms with E-state index in [1.165, 1.54) is 16.7 Å². The minimum Gasteiger partial charge on any atom is -0.388 e. The van der Waals surface area contributed by atoms with Crippen molar-refractivity contribution < 1.29 is 4.74 Å². The molecule has 2 aromatic rings. The highest BCUT2D eigenvalue weighted by molar-refractivity contribution is 5.71. The van der Waals surface area contributed by atoms with Crippen molar-refractivity contribution in [1.29, 1.82) is 5.26 Å². The molecule has 0 saturated heterocycles. The molecular formula is C15H13NO. The second-order valence-corrected chi connectivity index (χ2v) is 3.98. The Morgan fingerprint density at radius 1 is 0.941 bits per heavy atom. The molecule has 0 aliphatic carbocycles.